The summed E-state index contributed by atoms with van der Waals surface area (Å²) in [6.45, 7) is 6.80. The Labute approximate surface area is 128 Å². The van der Waals surface area contributed by atoms with Crippen LogP contribution >= 0.6 is 0 Å². The lowest BCUT2D eigenvalue weighted by Gasteiger charge is -2.22. The minimum absolute atomic E-state index is 0.107. The van der Waals surface area contributed by atoms with Gasteiger partial charge in [0.25, 0.3) is 0 Å². The first kappa shape index (κ1) is 18.4. The van der Waals surface area contributed by atoms with Crippen molar-refractivity contribution in [1.29, 1.82) is 0 Å². The molecule has 0 radical (unpaired) electrons. The molecule has 1 heterocycles. The highest BCUT2D eigenvalue weighted by atomic mass is 32.2. The molecule has 0 aliphatic carbocycles. The van der Waals surface area contributed by atoms with E-state index in [4.69, 9.17) is 0 Å². The third-order valence-electron chi connectivity index (χ3n) is 3.64. The van der Waals surface area contributed by atoms with Gasteiger partial charge in [0.15, 0.2) is 0 Å². The molecule has 1 amide bonds. The van der Waals surface area contributed by atoms with Crippen molar-refractivity contribution in [3.8, 4) is 0 Å². The fraction of sp³-hybridized carbons (Fsp3) is 0.929. The van der Waals surface area contributed by atoms with Crippen molar-refractivity contribution in [2.45, 2.75) is 39.5 Å². The van der Waals surface area contributed by atoms with Crippen molar-refractivity contribution in [2.75, 3.05) is 31.9 Å². The lowest BCUT2D eigenvalue weighted by molar-refractivity contribution is -0.121. The largest absolute Gasteiger partial charge is 0.356 e. The Kier molecular flexibility index (Phi) is 8.21. The first-order valence-corrected chi connectivity index (χ1v) is 9.49. The van der Waals surface area contributed by atoms with E-state index in [1.54, 1.807) is 0 Å². The van der Waals surface area contributed by atoms with Gasteiger partial charge in [0, 0.05) is 19.5 Å². The zero-order valence-corrected chi connectivity index (χ0v) is 14.0. The van der Waals surface area contributed by atoms with E-state index in [-0.39, 0.29) is 24.6 Å². The molecule has 6 nitrogen and oxygen atoms in total. The molecule has 21 heavy (non-hydrogen) atoms. The van der Waals surface area contributed by atoms with Gasteiger partial charge in [-0.3, -0.25) is 4.79 Å². The zero-order valence-electron chi connectivity index (χ0n) is 13.2. The molecule has 0 aromatic rings. The van der Waals surface area contributed by atoms with Gasteiger partial charge in [-0.1, -0.05) is 13.8 Å². The summed E-state index contributed by atoms with van der Waals surface area (Å²) in [5, 5.41) is 6.04. The van der Waals surface area contributed by atoms with Gasteiger partial charge in [-0.05, 0) is 44.2 Å². The van der Waals surface area contributed by atoms with Gasteiger partial charge in [0.2, 0.25) is 15.9 Å². The van der Waals surface area contributed by atoms with E-state index < -0.39 is 10.0 Å². The van der Waals surface area contributed by atoms with Crippen molar-refractivity contribution >= 4 is 15.9 Å². The molecule has 3 N–H and O–H groups in total. The Hall–Kier alpha value is -0.660. The maximum absolute atomic E-state index is 11.9. The maximum Gasteiger partial charge on any atom is 0.221 e. The summed E-state index contributed by atoms with van der Waals surface area (Å²) in [6.07, 6.45) is 3.00. The summed E-state index contributed by atoms with van der Waals surface area (Å²) in [5.41, 5.74) is 0. The highest BCUT2D eigenvalue weighted by Gasteiger charge is 2.17. The first-order valence-electron chi connectivity index (χ1n) is 7.84. The van der Waals surface area contributed by atoms with Crippen LogP contribution in [-0.4, -0.2) is 46.3 Å². The van der Waals surface area contributed by atoms with Crippen molar-refractivity contribution in [1.82, 2.24) is 15.4 Å². The lowest BCUT2D eigenvalue weighted by atomic mass is 9.96. The van der Waals surface area contributed by atoms with E-state index in [9.17, 15) is 13.2 Å². The standard InChI is InChI=1S/C14H29N3O3S/c1-12(2)11-16-14(18)5-9-17-21(19,20)10-6-13-3-7-15-8-4-13/h12-13,15,17H,3-11H2,1-2H3,(H,16,18). The lowest BCUT2D eigenvalue weighted by Crippen LogP contribution is -2.34. The Balaban J connectivity index is 2.15. The summed E-state index contributed by atoms with van der Waals surface area (Å²) < 4.78 is 26.2. The second kappa shape index (κ2) is 9.38. The van der Waals surface area contributed by atoms with Gasteiger partial charge in [0.05, 0.1) is 5.75 Å². The molecular weight excluding hydrogens is 290 g/mol. The fourth-order valence-electron chi connectivity index (χ4n) is 2.29. The molecule has 0 unspecified atom stereocenters. The molecule has 0 atom stereocenters. The van der Waals surface area contributed by atoms with Crippen LogP contribution in [0.2, 0.25) is 0 Å². The van der Waals surface area contributed by atoms with Gasteiger partial charge in [-0.25, -0.2) is 13.1 Å². The Bertz CT molecular complexity index is 404. The van der Waals surface area contributed by atoms with Crippen LogP contribution in [0.5, 0.6) is 0 Å². The van der Waals surface area contributed by atoms with Gasteiger partial charge < -0.3 is 10.6 Å². The normalized spacial score (nSPS) is 17.1. The molecular formula is C14H29N3O3S. The molecule has 1 aliphatic heterocycles. The van der Waals surface area contributed by atoms with Crippen molar-refractivity contribution < 1.29 is 13.2 Å². The number of nitrogens with one attached hydrogen (secondary N) is 3. The van der Waals surface area contributed by atoms with Crippen molar-refractivity contribution in [3.63, 3.8) is 0 Å². The smallest absolute Gasteiger partial charge is 0.221 e. The number of sulfonamides is 1. The summed E-state index contributed by atoms with van der Waals surface area (Å²) in [4.78, 5) is 11.5. The zero-order chi connectivity index (χ0) is 15.7. The molecule has 1 fully saturated rings. The highest BCUT2D eigenvalue weighted by molar-refractivity contribution is 7.89. The molecule has 0 spiro atoms. The summed E-state index contributed by atoms with van der Waals surface area (Å²) in [6, 6.07) is 0. The van der Waals surface area contributed by atoms with E-state index in [1.165, 1.54) is 0 Å². The van der Waals surface area contributed by atoms with Crippen molar-refractivity contribution in [2.24, 2.45) is 11.8 Å². The predicted molar refractivity (Wildman–Crippen MR) is 84.5 cm³/mol. The molecule has 1 aliphatic rings. The first-order chi connectivity index (χ1) is 9.89. The molecule has 0 saturated carbocycles. The molecule has 124 valence electrons. The number of carbonyl (C=O) groups is 1. The van der Waals surface area contributed by atoms with Crippen LogP contribution in [0.25, 0.3) is 0 Å². The summed E-state index contributed by atoms with van der Waals surface area (Å²) in [5.74, 6) is 0.947. The van der Waals surface area contributed by atoms with Gasteiger partial charge >= 0.3 is 0 Å². The number of rotatable bonds is 9. The van der Waals surface area contributed by atoms with Crippen LogP contribution in [0.3, 0.4) is 0 Å². The van der Waals surface area contributed by atoms with Crippen LogP contribution in [0.15, 0.2) is 0 Å². The number of piperidine rings is 1. The van der Waals surface area contributed by atoms with Crippen LogP contribution in [0, 0.1) is 11.8 Å². The second-order valence-corrected chi connectivity index (χ2v) is 8.07. The molecule has 0 bridgehead atoms. The molecule has 1 rings (SSSR count). The molecule has 0 aromatic carbocycles. The fourth-order valence-corrected chi connectivity index (χ4v) is 3.49. The number of amides is 1. The molecule has 7 heteroatoms. The third-order valence-corrected chi connectivity index (χ3v) is 5.05. The molecule has 1 saturated heterocycles. The van der Waals surface area contributed by atoms with E-state index in [0.717, 1.165) is 25.9 Å². The third kappa shape index (κ3) is 9.06. The van der Waals surface area contributed by atoms with E-state index >= 15 is 0 Å². The average molecular weight is 319 g/mol. The van der Waals surface area contributed by atoms with Gasteiger partial charge in [-0.15, -0.1) is 0 Å². The van der Waals surface area contributed by atoms with Gasteiger partial charge in [-0.2, -0.15) is 0 Å². The van der Waals surface area contributed by atoms with E-state index in [0.29, 0.717) is 24.8 Å². The summed E-state index contributed by atoms with van der Waals surface area (Å²) >= 11 is 0. The minimum Gasteiger partial charge on any atom is -0.356 e. The number of carbonyl (C=O) groups excluding carboxylic acids is 1. The minimum atomic E-state index is -3.26. The highest BCUT2D eigenvalue weighted by Crippen LogP contribution is 2.16. The van der Waals surface area contributed by atoms with E-state index in [2.05, 4.69) is 15.4 Å². The Morgan fingerprint density at radius 1 is 1.29 bits per heavy atom. The summed E-state index contributed by atoms with van der Waals surface area (Å²) in [7, 11) is -3.26. The predicted octanol–water partition coefficient (Wildman–Crippen LogP) is 0.458. The SMILES string of the molecule is CC(C)CNC(=O)CCNS(=O)(=O)CCC1CCNCC1. The number of hydrogen-bond acceptors (Lipinski definition) is 4. The number of hydrogen-bond donors (Lipinski definition) is 3. The van der Waals surface area contributed by atoms with Crippen molar-refractivity contribution in [3.05, 3.63) is 0 Å². The van der Waals surface area contributed by atoms with E-state index in [1.807, 2.05) is 13.8 Å². The van der Waals surface area contributed by atoms with Crippen LogP contribution in [-0.2, 0) is 14.8 Å². The van der Waals surface area contributed by atoms with Crippen LogP contribution in [0.1, 0.15) is 39.5 Å². The molecule has 0 aromatic heterocycles. The maximum atomic E-state index is 11.9. The average Bonchev–Trinajstić information content (AvgIpc) is 2.44. The quantitative estimate of drug-likeness (QED) is 0.576. The second-order valence-electron chi connectivity index (χ2n) is 6.14. The van der Waals surface area contributed by atoms with Crippen LogP contribution in [0.4, 0.5) is 0 Å². The Morgan fingerprint density at radius 2 is 1.95 bits per heavy atom. The Morgan fingerprint density at radius 3 is 2.57 bits per heavy atom. The monoisotopic (exact) mass is 319 g/mol. The topological polar surface area (TPSA) is 87.3 Å². The van der Waals surface area contributed by atoms with Crippen LogP contribution < -0.4 is 15.4 Å². The van der Waals surface area contributed by atoms with Gasteiger partial charge in [0.1, 0.15) is 0 Å².